The maximum atomic E-state index is 12.2. The monoisotopic (exact) mass is 312 g/mol. The molecule has 20 heavy (non-hydrogen) atoms. The predicted octanol–water partition coefficient (Wildman–Crippen LogP) is 2.25. The first-order valence-corrected chi connectivity index (χ1v) is 8.26. The molecule has 2 heterocycles. The summed E-state index contributed by atoms with van der Waals surface area (Å²) in [6, 6.07) is 3.61. The molecule has 0 spiro atoms. The normalized spacial score (nSPS) is 13.9. The molecule has 0 aromatic carbocycles. The Kier molecular flexibility index (Phi) is 5.22. The summed E-state index contributed by atoms with van der Waals surface area (Å²) in [5.74, 6) is 0.191. The Morgan fingerprint density at radius 2 is 2.45 bits per heavy atom. The lowest BCUT2D eigenvalue weighted by molar-refractivity contribution is 0.0932. The van der Waals surface area contributed by atoms with Crippen molar-refractivity contribution < 1.29 is 14.3 Å². The molecule has 108 valence electrons. The van der Waals surface area contributed by atoms with Gasteiger partial charge < -0.3 is 14.8 Å². The number of carbonyl (C=O) groups is 1. The quantitative estimate of drug-likeness (QED) is 0.855. The van der Waals surface area contributed by atoms with Gasteiger partial charge in [-0.3, -0.25) is 4.79 Å². The number of aromatic nitrogens is 1. The van der Waals surface area contributed by atoms with Crippen molar-refractivity contribution in [3.8, 4) is 10.6 Å². The van der Waals surface area contributed by atoms with Gasteiger partial charge in [-0.1, -0.05) is 6.07 Å². The molecule has 0 fully saturated rings. The molecular weight excluding hydrogens is 296 g/mol. The van der Waals surface area contributed by atoms with Gasteiger partial charge in [0.2, 0.25) is 0 Å². The zero-order valence-corrected chi connectivity index (χ0v) is 12.8. The Bertz CT molecular complexity index is 550. The fourth-order valence-corrected chi connectivity index (χ4v) is 3.13. The zero-order valence-electron chi connectivity index (χ0n) is 11.2. The van der Waals surface area contributed by atoms with Crippen LogP contribution in [0.1, 0.15) is 17.4 Å². The second-order valence-electron chi connectivity index (χ2n) is 4.23. The van der Waals surface area contributed by atoms with E-state index in [9.17, 15) is 9.90 Å². The van der Waals surface area contributed by atoms with Gasteiger partial charge >= 0.3 is 0 Å². The van der Waals surface area contributed by atoms with Gasteiger partial charge in [0.25, 0.3) is 5.91 Å². The predicted molar refractivity (Wildman–Crippen MR) is 81.1 cm³/mol. The van der Waals surface area contributed by atoms with Crippen molar-refractivity contribution in [3.63, 3.8) is 0 Å². The Hall–Kier alpha value is -1.31. The largest absolute Gasteiger partial charge is 0.442 e. The summed E-state index contributed by atoms with van der Waals surface area (Å²) in [6.07, 6.45) is 3.17. The van der Waals surface area contributed by atoms with Gasteiger partial charge in [-0.05, 0) is 24.6 Å². The number of aliphatic hydroxyl groups excluding tert-OH is 1. The van der Waals surface area contributed by atoms with E-state index in [1.165, 1.54) is 29.5 Å². The molecule has 0 saturated heterocycles. The van der Waals surface area contributed by atoms with Crippen molar-refractivity contribution in [1.29, 1.82) is 0 Å². The van der Waals surface area contributed by atoms with Gasteiger partial charge in [0.1, 0.15) is 0 Å². The van der Waals surface area contributed by atoms with Crippen molar-refractivity contribution in [2.24, 2.45) is 0 Å². The summed E-state index contributed by atoms with van der Waals surface area (Å²) >= 11 is 3.00. The van der Waals surface area contributed by atoms with E-state index in [-0.39, 0.29) is 29.5 Å². The minimum Gasteiger partial charge on any atom is -0.442 e. The lowest BCUT2D eigenvalue weighted by atomic mass is 10.2. The lowest BCUT2D eigenvalue weighted by Crippen LogP contribution is -2.41. The van der Waals surface area contributed by atoms with Crippen LogP contribution in [0.3, 0.4) is 0 Å². The fraction of sp³-hybridized carbons (Fsp3) is 0.385. The number of nitrogens with one attached hydrogen (secondary N) is 1. The number of amides is 1. The van der Waals surface area contributed by atoms with Crippen LogP contribution in [0.25, 0.3) is 10.6 Å². The maximum Gasteiger partial charge on any atom is 0.274 e. The highest BCUT2D eigenvalue weighted by Crippen LogP contribution is 2.27. The first kappa shape index (κ1) is 15.1. The molecule has 2 N–H and O–H groups in total. The van der Waals surface area contributed by atoms with Crippen LogP contribution in [-0.2, 0) is 0 Å². The molecule has 2 atom stereocenters. The Morgan fingerprint density at radius 3 is 3.05 bits per heavy atom. The van der Waals surface area contributed by atoms with Crippen LogP contribution in [0.2, 0.25) is 0 Å². The molecule has 7 heteroatoms. The summed E-state index contributed by atoms with van der Waals surface area (Å²) in [4.78, 5) is 17.1. The van der Waals surface area contributed by atoms with Crippen molar-refractivity contribution in [2.75, 3.05) is 12.9 Å². The molecule has 1 amide bonds. The third-order valence-corrected chi connectivity index (χ3v) is 4.96. The molecule has 0 bridgehead atoms. The van der Waals surface area contributed by atoms with Gasteiger partial charge in [-0.2, -0.15) is 11.8 Å². The summed E-state index contributed by atoms with van der Waals surface area (Å²) in [5, 5.41) is 14.0. The number of nitrogens with zero attached hydrogens (tertiary/aromatic N) is 1. The van der Waals surface area contributed by atoms with E-state index in [2.05, 4.69) is 10.3 Å². The van der Waals surface area contributed by atoms with Crippen molar-refractivity contribution >= 4 is 29.0 Å². The molecule has 0 aliphatic carbocycles. The Labute approximate surface area is 125 Å². The van der Waals surface area contributed by atoms with Crippen LogP contribution < -0.4 is 5.32 Å². The van der Waals surface area contributed by atoms with Gasteiger partial charge in [0.15, 0.2) is 17.8 Å². The van der Waals surface area contributed by atoms with E-state index >= 15 is 0 Å². The topological polar surface area (TPSA) is 75.4 Å². The summed E-state index contributed by atoms with van der Waals surface area (Å²) in [6.45, 7) is 1.87. The zero-order chi connectivity index (χ0) is 14.5. The number of oxazole rings is 1. The molecule has 2 aromatic rings. The molecule has 5 nitrogen and oxygen atoms in total. The fourth-order valence-electron chi connectivity index (χ4n) is 1.80. The number of hydrogen-bond acceptors (Lipinski definition) is 6. The van der Waals surface area contributed by atoms with Gasteiger partial charge in [-0.15, -0.1) is 11.3 Å². The number of carbonyl (C=O) groups excluding carboxylic acids is 1. The first-order valence-electron chi connectivity index (χ1n) is 6.09. The number of hydrogen-bond donors (Lipinski definition) is 2. The molecule has 2 rings (SSSR count). The molecule has 0 aliphatic rings. The maximum absolute atomic E-state index is 12.2. The highest BCUT2D eigenvalue weighted by molar-refractivity contribution is 7.99. The summed E-state index contributed by atoms with van der Waals surface area (Å²) in [5.41, 5.74) is 0.275. The van der Waals surface area contributed by atoms with E-state index in [4.69, 9.17) is 4.42 Å². The average molecular weight is 312 g/mol. The summed E-state index contributed by atoms with van der Waals surface area (Å²) < 4.78 is 5.31. The standard InChI is InChI=1S/C13H16N2O3S2/c1-8(10(6-16)19-2)15-13(17)11-12(18-7-14-11)9-4-3-5-20-9/h3-5,7-8,10,16H,6H2,1-2H3,(H,15,17). The SMILES string of the molecule is CSC(CO)C(C)NC(=O)c1ncoc1-c1cccs1. The minimum atomic E-state index is -0.290. The third kappa shape index (κ3) is 3.23. The number of aliphatic hydroxyl groups is 1. The van der Waals surface area contributed by atoms with E-state index in [1.807, 2.05) is 30.7 Å². The summed E-state index contributed by atoms with van der Waals surface area (Å²) in [7, 11) is 0. The average Bonchev–Trinajstić information content (AvgIpc) is 3.10. The second-order valence-corrected chi connectivity index (χ2v) is 6.25. The number of rotatable bonds is 6. The lowest BCUT2D eigenvalue weighted by Gasteiger charge is -2.20. The van der Waals surface area contributed by atoms with Crippen molar-refractivity contribution in [2.45, 2.75) is 18.2 Å². The Morgan fingerprint density at radius 1 is 1.65 bits per heavy atom. The van der Waals surface area contributed by atoms with Crippen LogP contribution in [0.15, 0.2) is 28.3 Å². The second kappa shape index (κ2) is 6.92. The van der Waals surface area contributed by atoms with E-state index in [0.29, 0.717) is 5.76 Å². The van der Waals surface area contributed by atoms with Crippen LogP contribution in [0.5, 0.6) is 0 Å². The molecule has 2 aromatic heterocycles. The first-order chi connectivity index (χ1) is 9.67. The van der Waals surface area contributed by atoms with Gasteiger partial charge in [0, 0.05) is 11.3 Å². The van der Waals surface area contributed by atoms with Crippen LogP contribution >= 0.6 is 23.1 Å². The highest BCUT2D eigenvalue weighted by atomic mass is 32.2. The molecular formula is C13H16N2O3S2. The van der Waals surface area contributed by atoms with Crippen molar-refractivity contribution in [3.05, 3.63) is 29.6 Å². The molecule has 0 radical (unpaired) electrons. The van der Waals surface area contributed by atoms with E-state index < -0.39 is 0 Å². The third-order valence-electron chi connectivity index (χ3n) is 2.93. The van der Waals surface area contributed by atoms with E-state index in [0.717, 1.165) is 4.88 Å². The van der Waals surface area contributed by atoms with Crippen LogP contribution in [-0.4, -0.2) is 40.2 Å². The number of thiophene rings is 1. The van der Waals surface area contributed by atoms with Gasteiger partial charge in [-0.25, -0.2) is 4.98 Å². The molecule has 2 unspecified atom stereocenters. The van der Waals surface area contributed by atoms with Crippen LogP contribution in [0.4, 0.5) is 0 Å². The van der Waals surface area contributed by atoms with Gasteiger partial charge in [0.05, 0.1) is 11.5 Å². The Balaban J connectivity index is 2.13. The number of thioether (sulfide) groups is 1. The van der Waals surface area contributed by atoms with Crippen LogP contribution in [0, 0.1) is 0 Å². The minimum absolute atomic E-state index is 0.0131. The molecule has 0 aliphatic heterocycles. The smallest absolute Gasteiger partial charge is 0.274 e. The van der Waals surface area contributed by atoms with E-state index in [1.54, 1.807) is 0 Å². The molecule has 0 saturated carbocycles. The highest BCUT2D eigenvalue weighted by Gasteiger charge is 2.23. The van der Waals surface area contributed by atoms with Crippen molar-refractivity contribution in [1.82, 2.24) is 10.3 Å².